The lowest BCUT2D eigenvalue weighted by atomic mass is 10.0. The Kier molecular flexibility index (Phi) is 39.5. The van der Waals surface area contributed by atoms with Crippen LogP contribution in [0.5, 0.6) is 0 Å². The molecule has 1 unspecified atom stereocenters. The first-order valence-corrected chi connectivity index (χ1v) is 23.7. The number of phosphoric acid groups is 1. The third-order valence-electron chi connectivity index (χ3n) is 9.65. The Bertz CT molecular complexity index is 886. The number of hydrogen-bond acceptors (Lipinski definition) is 8. The van der Waals surface area contributed by atoms with Gasteiger partial charge in [0.15, 0.2) is 6.10 Å². The van der Waals surface area contributed by atoms with Crippen molar-refractivity contribution in [2.45, 2.75) is 225 Å². The van der Waals surface area contributed by atoms with Crippen molar-refractivity contribution < 1.29 is 37.6 Å². The molecule has 10 heteroatoms. The highest BCUT2D eigenvalue weighted by Crippen LogP contribution is 2.43. The van der Waals surface area contributed by atoms with Crippen LogP contribution in [-0.4, -0.2) is 49.3 Å². The van der Waals surface area contributed by atoms with Gasteiger partial charge in [-0.05, 0) is 32.1 Å². The minimum atomic E-state index is -4.37. The molecule has 0 heterocycles. The van der Waals surface area contributed by atoms with Crippen molar-refractivity contribution in [3.63, 3.8) is 0 Å². The van der Waals surface area contributed by atoms with Crippen LogP contribution in [0.15, 0.2) is 12.2 Å². The zero-order valence-corrected chi connectivity index (χ0v) is 35.4. The normalized spacial score (nSPS) is 13.4. The van der Waals surface area contributed by atoms with Crippen LogP contribution in [0.25, 0.3) is 0 Å². The Morgan fingerprint density at radius 2 is 0.943 bits per heavy atom. The fourth-order valence-corrected chi connectivity index (χ4v) is 7.11. The fraction of sp³-hybridized carbons (Fsp3) is 0.907. The molecule has 0 spiro atoms. The number of carbonyl (C=O) groups excluding carboxylic acids is 2. The summed E-state index contributed by atoms with van der Waals surface area (Å²) in [6.07, 6.45) is 41.3. The molecule has 314 valence electrons. The summed E-state index contributed by atoms with van der Waals surface area (Å²) < 4.78 is 32.6. The van der Waals surface area contributed by atoms with Crippen LogP contribution in [0, 0.1) is 0 Å². The first kappa shape index (κ1) is 51.8. The summed E-state index contributed by atoms with van der Waals surface area (Å²) in [7, 11) is -4.37. The maximum absolute atomic E-state index is 12.5. The van der Waals surface area contributed by atoms with Crippen molar-refractivity contribution in [3.05, 3.63) is 12.2 Å². The van der Waals surface area contributed by atoms with Gasteiger partial charge in [-0.3, -0.25) is 18.6 Å². The zero-order chi connectivity index (χ0) is 38.9. The quantitative estimate of drug-likeness (QED) is 0.0269. The van der Waals surface area contributed by atoms with E-state index >= 15 is 0 Å². The summed E-state index contributed by atoms with van der Waals surface area (Å²) in [6.45, 7) is 3.70. The van der Waals surface area contributed by atoms with Crippen molar-refractivity contribution in [2.24, 2.45) is 5.73 Å². The molecule has 0 aromatic carbocycles. The van der Waals surface area contributed by atoms with Crippen molar-refractivity contribution in [1.29, 1.82) is 0 Å². The molecule has 9 nitrogen and oxygen atoms in total. The number of unbranched alkanes of at least 4 members (excludes halogenated alkanes) is 27. The number of esters is 2. The summed E-state index contributed by atoms with van der Waals surface area (Å²) in [5.74, 6) is -0.860. The molecule has 0 aromatic heterocycles. The first-order chi connectivity index (χ1) is 25.8. The Hall–Kier alpha value is -1.25. The molecule has 0 aliphatic carbocycles. The lowest BCUT2D eigenvalue weighted by Gasteiger charge is -2.19. The van der Waals surface area contributed by atoms with E-state index in [-0.39, 0.29) is 32.6 Å². The molecular formula is C43H84NO8P. The number of nitrogens with two attached hydrogens (primary N) is 1. The molecule has 0 bridgehead atoms. The number of phosphoric ester groups is 1. The maximum Gasteiger partial charge on any atom is 0.472 e. The topological polar surface area (TPSA) is 134 Å². The first-order valence-electron chi connectivity index (χ1n) is 22.2. The van der Waals surface area contributed by atoms with Gasteiger partial charge in [-0.2, -0.15) is 0 Å². The molecule has 0 fully saturated rings. The van der Waals surface area contributed by atoms with Gasteiger partial charge in [0, 0.05) is 19.4 Å². The van der Waals surface area contributed by atoms with Gasteiger partial charge in [0.25, 0.3) is 0 Å². The lowest BCUT2D eigenvalue weighted by Crippen LogP contribution is -2.29. The lowest BCUT2D eigenvalue weighted by molar-refractivity contribution is -0.161. The van der Waals surface area contributed by atoms with Gasteiger partial charge in [-0.15, -0.1) is 0 Å². The van der Waals surface area contributed by atoms with Gasteiger partial charge in [-0.1, -0.05) is 187 Å². The van der Waals surface area contributed by atoms with Crippen LogP contribution in [0.2, 0.25) is 0 Å². The smallest absolute Gasteiger partial charge is 0.462 e. The van der Waals surface area contributed by atoms with E-state index in [0.717, 1.165) is 32.1 Å². The van der Waals surface area contributed by atoms with Crippen LogP contribution < -0.4 is 5.73 Å². The molecule has 2 atom stereocenters. The highest BCUT2D eigenvalue weighted by Gasteiger charge is 2.26. The highest BCUT2D eigenvalue weighted by atomic mass is 31.2. The zero-order valence-electron chi connectivity index (χ0n) is 34.5. The van der Waals surface area contributed by atoms with Crippen molar-refractivity contribution >= 4 is 19.8 Å². The Morgan fingerprint density at radius 1 is 0.547 bits per heavy atom. The van der Waals surface area contributed by atoms with E-state index in [4.69, 9.17) is 24.3 Å². The van der Waals surface area contributed by atoms with Crippen LogP contribution in [0.1, 0.15) is 219 Å². The summed E-state index contributed by atoms with van der Waals surface area (Å²) >= 11 is 0. The van der Waals surface area contributed by atoms with Crippen molar-refractivity contribution in [3.8, 4) is 0 Å². The van der Waals surface area contributed by atoms with Crippen LogP contribution in [0.4, 0.5) is 0 Å². The minimum Gasteiger partial charge on any atom is -0.462 e. The fourth-order valence-electron chi connectivity index (χ4n) is 6.35. The van der Waals surface area contributed by atoms with Gasteiger partial charge in [-0.25, -0.2) is 4.57 Å². The van der Waals surface area contributed by atoms with Crippen LogP contribution in [0.3, 0.4) is 0 Å². The molecule has 0 saturated heterocycles. The van der Waals surface area contributed by atoms with Crippen LogP contribution in [-0.2, 0) is 32.7 Å². The third kappa shape index (κ3) is 40.2. The standard InChI is InChI=1S/C43H84NO8P/c1-3-5-7-9-11-13-14-15-16-17-18-19-20-21-22-23-24-25-26-28-29-31-33-35-42(45)49-39-41(40-51-53(47,48)50-38-37-44)52-43(46)36-34-32-30-27-12-10-8-6-4-2/h28-29,41H,3-27,30-40,44H2,1-2H3,(H,47,48)/b29-28+/t41-/m0/s1. The van der Waals surface area contributed by atoms with E-state index in [2.05, 4.69) is 26.0 Å². The molecule has 0 aliphatic rings. The molecule has 0 saturated carbocycles. The predicted molar refractivity (Wildman–Crippen MR) is 220 cm³/mol. The van der Waals surface area contributed by atoms with Crippen molar-refractivity contribution in [2.75, 3.05) is 26.4 Å². The largest absolute Gasteiger partial charge is 0.472 e. The predicted octanol–water partition coefficient (Wildman–Crippen LogP) is 12.6. The number of carbonyl (C=O) groups is 2. The number of hydrogen-bond donors (Lipinski definition) is 2. The molecule has 0 aromatic rings. The minimum absolute atomic E-state index is 0.0530. The Morgan fingerprint density at radius 3 is 1.40 bits per heavy atom. The van der Waals surface area contributed by atoms with Crippen LogP contribution >= 0.6 is 7.82 Å². The SMILES string of the molecule is CCCCCCCCCCCCCCCCCCCC/C=C/CCCC(=O)OC[C@@H](COP(=O)(O)OCCN)OC(=O)CCCCCCCCCCC. The number of rotatable bonds is 42. The average molecular weight is 774 g/mol. The summed E-state index contributed by atoms with van der Waals surface area (Å²) in [4.78, 5) is 34.7. The average Bonchev–Trinajstić information content (AvgIpc) is 3.14. The maximum atomic E-state index is 12.5. The van der Waals surface area contributed by atoms with E-state index in [1.807, 2.05) is 0 Å². The molecule has 53 heavy (non-hydrogen) atoms. The Labute approximate surface area is 326 Å². The summed E-state index contributed by atoms with van der Waals surface area (Å²) in [6, 6.07) is 0. The molecular weight excluding hydrogens is 689 g/mol. The van der Waals surface area contributed by atoms with Gasteiger partial charge >= 0.3 is 19.8 Å². The van der Waals surface area contributed by atoms with E-state index < -0.39 is 32.5 Å². The Balaban J connectivity index is 3.99. The van der Waals surface area contributed by atoms with E-state index in [1.165, 1.54) is 148 Å². The van der Waals surface area contributed by atoms with Gasteiger partial charge in [0.1, 0.15) is 6.61 Å². The third-order valence-corrected chi connectivity index (χ3v) is 10.6. The number of allylic oxidation sites excluding steroid dienone is 2. The van der Waals surface area contributed by atoms with E-state index in [1.54, 1.807) is 0 Å². The second kappa shape index (κ2) is 40.4. The summed E-state index contributed by atoms with van der Waals surface area (Å²) in [5.41, 5.74) is 5.33. The molecule has 0 amide bonds. The second-order valence-corrected chi connectivity index (χ2v) is 16.4. The monoisotopic (exact) mass is 774 g/mol. The van der Waals surface area contributed by atoms with E-state index in [9.17, 15) is 19.0 Å². The van der Waals surface area contributed by atoms with Crippen molar-refractivity contribution in [1.82, 2.24) is 0 Å². The molecule has 0 aliphatic heterocycles. The summed E-state index contributed by atoms with van der Waals surface area (Å²) in [5, 5.41) is 0. The van der Waals surface area contributed by atoms with Gasteiger partial charge in [0.05, 0.1) is 13.2 Å². The molecule has 3 N–H and O–H groups in total. The number of ether oxygens (including phenoxy) is 2. The highest BCUT2D eigenvalue weighted by molar-refractivity contribution is 7.47. The molecule has 0 radical (unpaired) electrons. The van der Waals surface area contributed by atoms with Gasteiger partial charge in [0.2, 0.25) is 0 Å². The van der Waals surface area contributed by atoms with Gasteiger partial charge < -0.3 is 20.1 Å². The van der Waals surface area contributed by atoms with E-state index in [0.29, 0.717) is 12.8 Å². The molecule has 0 rings (SSSR count). The second-order valence-electron chi connectivity index (χ2n) is 14.9.